The number of nitrogens with zero attached hydrogens (tertiary/aromatic N) is 1. The number of fused-ring (bicyclic) bond motifs is 1. The number of hydrogen-bond donors (Lipinski definition) is 0. The maximum Gasteiger partial charge on any atom is 0.0923 e. The van der Waals surface area contributed by atoms with Gasteiger partial charge in [0.05, 0.1) is 23.2 Å². The summed E-state index contributed by atoms with van der Waals surface area (Å²) in [6.45, 7) is 1.91. The van der Waals surface area contributed by atoms with Gasteiger partial charge in [0.1, 0.15) is 0 Å². The Kier molecular flexibility index (Phi) is 2.07. The van der Waals surface area contributed by atoms with Crippen molar-refractivity contribution in [2.45, 2.75) is 6.92 Å². The third-order valence-electron chi connectivity index (χ3n) is 1.78. The first-order valence-electron chi connectivity index (χ1n) is 3.93. The van der Waals surface area contributed by atoms with Crippen molar-refractivity contribution in [2.24, 2.45) is 0 Å². The van der Waals surface area contributed by atoms with E-state index in [2.05, 4.69) is 4.98 Å². The molecule has 1 aliphatic rings. The molecule has 3 heteroatoms. The van der Waals surface area contributed by atoms with Crippen LogP contribution < -0.4 is 0 Å². The average molecular weight is 194 g/mol. The number of rotatable bonds is 0. The van der Waals surface area contributed by atoms with Crippen molar-refractivity contribution >= 4 is 23.8 Å². The molecule has 0 unspecified atom stereocenters. The maximum absolute atomic E-state index is 6.04. The van der Waals surface area contributed by atoms with Crippen molar-refractivity contribution in [2.75, 3.05) is 0 Å². The molecule has 2 heterocycles. The highest BCUT2D eigenvalue weighted by Gasteiger charge is 2.06. The Hall–Kier alpha value is -1.28. The Balaban J connectivity index is 2.67. The SMILES string of the molecule is Cc1cc(Cl)c2c(n1)C=COC=C2. The minimum atomic E-state index is 0.703. The Morgan fingerprint density at radius 1 is 1.31 bits per heavy atom. The molecule has 0 atom stereocenters. The van der Waals surface area contributed by atoms with Crippen molar-refractivity contribution < 1.29 is 4.74 Å². The minimum absolute atomic E-state index is 0.703. The third kappa shape index (κ3) is 1.58. The van der Waals surface area contributed by atoms with Crippen molar-refractivity contribution in [1.82, 2.24) is 4.98 Å². The molecule has 2 nitrogen and oxygen atoms in total. The van der Waals surface area contributed by atoms with Crippen molar-refractivity contribution in [3.8, 4) is 0 Å². The standard InChI is InChI=1S/C10H8ClNO/c1-7-6-9(11)8-2-4-13-5-3-10(8)12-7/h2-6H,1H3. The first-order chi connectivity index (χ1) is 6.27. The lowest BCUT2D eigenvalue weighted by molar-refractivity contribution is 0.411. The molecule has 66 valence electrons. The highest BCUT2D eigenvalue weighted by molar-refractivity contribution is 6.32. The number of hydrogen-bond acceptors (Lipinski definition) is 2. The fraction of sp³-hybridized carbons (Fsp3) is 0.100. The average Bonchev–Trinajstić information content (AvgIpc) is 2.28. The summed E-state index contributed by atoms with van der Waals surface area (Å²) in [5, 5.41) is 0.703. The van der Waals surface area contributed by atoms with E-state index in [4.69, 9.17) is 16.3 Å². The Bertz CT molecular complexity index is 396. The van der Waals surface area contributed by atoms with E-state index in [-0.39, 0.29) is 0 Å². The molecule has 0 amide bonds. The molecule has 0 spiro atoms. The van der Waals surface area contributed by atoms with Gasteiger partial charge in [-0.25, -0.2) is 0 Å². The van der Waals surface area contributed by atoms with Gasteiger partial charge in [0.2, 0.25) is 0 Å². The van der Waals surface area contributed by atoms with Crippen molar-refractivity contribution in [3.63, 3.8) is 0 Å². The zero-order valence-corrected chi connectivity index (χ0v) is 7.88. The summed E-state index contributed by atoms with van der Waals surface area (Å²) in [5.74, 6) is 0. The van der Waals surface area contributed by atoms with Gasteiger partial charge in [-0.3, -0.25) is 4.98 Å². The van der Waals surface area contributed by atoms with Crippen LogP contribution in [0.25, 0.3) is 12.2 Å². The summed E-state index contributed by atoms with van der Waals surface area (Å²) in [4.78, 5) is 4.33. The molecule has 0 N–H and O–H groups in total. The summed E-state index contributed by atoms with van der Waals surface area (Å²) in [7, 11) is 0. The van der Waals surface area contributed by atoms with Gasteiger partial charge in [-0.05, 0) is 25.1 Å². The first-order valence-corrected chi connectivity index (χ1v) is 4.31. The summed E-state index contributed by atoms with van der Waals surface area (Å²) in [6.07, 6.45) is 6.79. The van der Waals surface area contributed by atoms with Gasteiger partial charge in [0.25, 0.3) is 0 Å². The third-order valence-corrected chi connectivity index (χ3v) is 2.10. The van der Waals surface area contributed by atoms with Crippen LogP contribution in [0.3, 0.4) is 0 Å². The Labute approximate surface area is 81.5 Å². The zero-order chi connectivity index (χ0) is 9.26. The van der Waals surface area contributed by atoms with Crippen LogP contribution in [0.5, 0.6) is 0 Å². The highest BCUT2D eigenvalue weighted by atomic mass is 35.5. The molecular formula is C10H8ClNO. The number of aryl methyl sites for hydroxylation is 1. The molecule has 13 heavy (non-hydrogen) atoms. The van der Waals surface area contributed by atoms with E-state index in [0.717, 1.165) is 17.0 Å². The summed E-state index contributed by atoms with van der Waals surface area (Å²) in [6, 6.07) is 1.84. The summed E-state index contributed by atoms with van der Waals surface area (Å²) < 4.78 is 5.01. The van der Waals surface area contributed by atoms with E-state index in [9.17, 15) is 0 Å². The quantitative estimate of drug-likeness (QED) is 0.632. The topological polar surface area (TPSA) is 22.1 Å². The number of halogens is 1. The predicted molar refractivity (Wildman–Crippen MR) is 53.1 cm³/mol. The van der Waals surface area contributed by atoms with Crippen LogP contribution in [-0.4, -0.2) is 4.98 Å². The summed E-state index contributed by atoms with van der Waals surface area (Å²) in [5.41, 5.74) is 2.66. The lowest BCUT2D eigenvalue weighted by atomic mass is 10.1. The van der Waals surface area contributed by atoms with E-state index in [1.807, 2.05) is 19.1 Å². The van der Waals surface area contributed by atoms with Gasteiger partial charge in [0.15, 0.2) is 0 Å². The molecule has 1 aliphatic heterocycles. The number of ether oxygens (including phenoxy) is 1. The van der Waals surface area contributed by atoms with E-state index >= 15 is 0 Å². The molecular weight excluding hydrogens is 186 g/mol. The molecule has 2 rings (SSSR count). The van der Waals surface area contributed by atoms with E-state index in [0.29, 0.717) is 5.02 Å². The van der Waals surface area contributed by atoms with Gasteiger partial charge in [-0.15, -0.1) is 0 Å². The van der Waals surface area contributed by atoms with Crippen LogP contribution in [0.4, 0.5) is 0 Å². The predicted octanol–water partition coefficient (Wildman–Crippen LogP) is 3.02. The molecule has 0 aromatic carbocycles. The largest absolute Gasteiger partial charge is 0.473 e. The van der Waals surface area contributed by atoms with Crippen LogP contribution in [-0.2, 0) is 4.74 Å². The van der Waals surface area contributed by atoms with Gasteiger partial charge in [-0.2, -0.15) is 0 Å². The maximum atomic E-state index is 6.04. The molecule has 0 saturated heterocycles. The fourth-order valence-electron chi connectivity index (χ4n) is 1.21. The highest BCUT2D eigenvalue weighted by Crippen LogP contribution is 2.23. The molecule has 1 aromatic rings. The van der Waals surface area contributed by atoms with Crippen LogP contribution in [0.1, 0.15) is 17.0 Å². The van der Waals surface area contributed by atoms with Gasteiger partial charge >= 0.3 is 0 Å². The van der Waals surface area contributed by atoms with E-state index in [1.54, 1.807) is 18.6 Å². The molecule has 0 saturated carbocycles. The van der Waals surface area contributed by atoms with Crippen LogP contribution >= 0.6 is 11.6 Å². The van der Waals surface area contributed by atoms with E-state index < -0.39 is 0 Å². The molecule has 0 radical (unpaired) electrons. The van der Waals surface area contributed by atoms with Gasteiger partial charge in [0, 0.05) is 11.3 Å². The van der Waals surface area contributed by atoms with Crippen molar-refractivity contribution in [1.29, 1.82) is 0 Å². The lowest BCUT2D eigenvalue weighted by Gasteiger charge is -2.02. The molecule has 0 bridgehead atoms. The number of pyridine rings is 1. The molecule has 1 aromatic heterocycles. The second-order valence-electron chi connectivity index (χ2n) is 2.79. The van der Waals surface area contributed by atoms with E-state index in [1.165, 1.54) is 0 Å². The second-order valence-corrected chi connectivity index (χ2v) is 3.19. The van der Waals surface area contributed by atoms with Crippen LogP contribution in [0, 0.1) is 6.92 Å². The molecule has 0 fully saturated rings. The second kappa shape index (κ2) is 3.23. The minimum Gasteiger partial charge on any atom is -0.473 e. The Morgan fingerprint density at radius 2 is 2.08 bits per heavy atom. The van der Waals surface area contributed by atoms with Crippen LogP contribution in [0.2, 0.25) is 5.02 Å². The number of aromatic nitrogens is 1. The first kappa shape index (κ1) is 8.32. The lowest BCUT2D eigenvalue weighted by Crippen LogP contribution is -1.90. The van der Waals surface area contributed by atoms with Crippen molar-refractivity contribution in [3.05, 3.63) is 40.6 Å². The normalized spacial score (nSPS) is 13.4. The van der Waals surface area contributed by atoms with Gasteiger partial charge < -0.3 is 4.74 Å². The zero-order valence-electron chi connectivity index (χ0n) is 7.12. The summed E-state index contributed by atoms with van der Waals surface area (Å²) >= 11 is 6.04. The smallest absolute Gasteiger partial charge is 0.0923 e. The monoisotopic (exact) mass is 193 g/mol. The molecule has 0 aliphatic carbocycles. The van der Waals surface area contributed by atoms with Crippen LogP contribution in [0.15, 0.2) is 18.6 Å². The van der Waals surface area contributed by atoms with Gasteiger partial charge in [-0.1, -0.05) is 11.6 Å². The Morgan fingerprint density at radius 3 is 2.92 bits per heavy atom. The fourth-order valence-corrected chi connectivity index (χ4v) is 1.53.